The van der Waals surface area contributed by atoms with Gasteiger partial charge < -0.3 is 4.74 Å². The predicted octanol–water partition coefficient (Wildman–Crippen LogP) is 4.15. The van der Waals surface area contributed by atoms with Gasteiger partial charge in [-0.15, -0.1) is 0 Å². The smallest absolute Gasteiger partial charge is 0.118 e. The minimum Gasteiger partial charge on any atom is -0.497 e. The lowest BCUT2D eigenvalue weighted by Crippen LogP contribution is -1.84. The van der Waals surface area contributed by atoms with Crippen LogP contribution in [0.2, 0.25) is 0 Å². The van der Waals surface area contributed by atoms with Crippen LogP contribution in [0.15, 0.2) is 47.6 Å². The van der Waals surface area contributed by atoms with Gasteiger partial charge in [-0.2, -0.15) is 0 Å². The van der Waals surface area contributed by atoms with Gasteiger partial charge in [0.2, 0.25) is 0 Å². The predicted molar refractivity (Wildman–Crippen MR) is 69.9 cm³/mol. The van der Waals surface area contributed by atoms with Crippen LogP contribution in [0, 0.1) is 0 Å². The van der Waals surface area contributed by atoms with Crippen molar-refractivity contribution in [3.63, 3.8) is 0 Å². The van der Waals surface area contributed by atoms with Gasteiger partial charge in [0.15, 0.2) is 0 Å². The summed E-state index contributed by atoms with van der Waals surface area (Å²) in [6.45, 7) is 6.40. The lowest BCUT2D eigenvalue weighted by Gasteiger charge is -2.01. The van der Waals surface area contributed by atoms with Gasteiger partial charge in [0, 0.05) is 0 Å². The van der Waals surface area contributed by atoms with Crippen LogP contribution < -0.4 is 4.74 Å². The van der Waals surface area contributed by atoms with Crippen molar-refractivity contribution in [3.05, 3.63) is 53.1 Å². The molecule has 16 heavy (non-hydrogen) atoms. The molecule has 0 aliphatic rings. The van der Waals surface area contributed by atoms with E-state index >= 15 is 0 Å². The molecule has 1 nitrogen and oxygen atoms in total. The number of ether oxygens (including phenoxy) is 1. The van der Waals surface area contributed by atoms with Gasteiger partial charge in [-0.05, 0) is 44.9 Å². The average Bonchev–Trinajstić information content (AvgIpc) is 2.29. The molecule has 0 aliphatic carbocycles. The van der Waals surface area contributed by atoms with Gasteiger partial charge >= 0.3 is 0 Å². The van der Waals surface area contributed by atoms with Crippen molar-refractivity contribution in [1.29, 1.82) is 0 Å². The van der Waals surface area contributed by atoms with Crippen molar-refractivity contribution >= 4 is 0 Å². The number of benzene rings is 1. The molecule has 0 atom stereocenters. The minimum atomic E-state index is 0.910. The van der Waals surface area contributed by atoms with Crippen LogP contribution in [0.4, 0.5) is 0 Å². The normalized spacial score (nSPS) is 10.5. The number of allylic oxidation sites excluding steroid dienone is 4. The van der Waals surface area contributed by atoms with Crippen LogP contribution in [-0.2, 0) is 6.42 Å². The molecule has 0 amide bonds. The first-order chi connectivity index (χ1) is 7.63. The average molecular weight is 216 g/mol. The van der Waals surface area contributed by atoms with E-state index in [2.05, 4.69) is 45.1 Å². The summed E-state index contributed by atoms with van der Waals surface area (Å²) in [5, 5.41) is 0. The molecule has 0 saturated carbocycles. The van der Waals surface area contributed by atoms with Crippen LogP contribution in [0.3, 0.4) is 0 Å². The minimum absolute atomic E-state index is 0.910. The molecular weight excluding hydrogens is 196 g/mol. The monoisotopic (exact) mass is 216 g/mol. The Morgan fingerprint density at radius 2 is 1.75 bits per heavy atom. The van der Waals surface area contributed by atoms with Crippen LogP contribution in [0.5, 0.6) is 5.75 Å². The number of rotatable bonds is 4. The summed E-state index contributed by atoms with van der Waals surface area (Å²) in [4.78, 5) is 0. The lowest BCUT2D eigenvalue weighted by molar-refractivity contribution is 0.414. The number of methoxy groups -OCH3 is 1. The second-order valence-electron chi connectivity index (χ2n) is 4.14. The van der Waals surface area contributed by atoms with E-state index in [1.54, 1.807) is 7.11 Å². The molecule has 86 valence electrons. The van der Waals surface area contributed by atoms with E-state index in [0.717, 1.165) is 12.2 Å². The summed E-state index contributed by atoms with van der Waals surface area (Å²) in [5.41, 5.74) is 4.01. The molecule has 0 bridgehead atoms. The quantitative estimate of drug-likeness (QED) is 0.687. The van der Waals surface area contributed by atoms with Crippen LogP contribution in [0.25, 0.3) is 0 Å². The third-order valence-corrected chi connectivity index (χ3v) is 2.67. The Kier molecular flexibility index (Phi) is 4.84. The second-order valence-corrected chi connectivity index (χ2v) is 4.14. The van der Waals surface area contributed by atoms with E-state index in [4.69, 9.17) is 4.74 Å². The highest BCUT2D eigenvalue weighted by Crippen LogP contribution is 2.12. The van der Waals surface area contributed by atoms with E-state index in [0.29, 0.717) is 0 Å². The summed E-state index contributed by atoms with van der Waals surface area (Å²) in [5.74, 6) is 0.910. The standard InChI is InChI=1S/C15H20O/c1-12(2)13(3)6-5-7-14-8-10-15(16-4)11-9-14/h5-6,8-11H,7H2,1-4H3/b6-5+. The molecule has 1 heteroatoms. The van der Waals surface area contributed by atoms with E-state index < -0.39 is 0 Å². The van der Waals surface area contributed by atoms with Gasteiger partial charge in [0.25, 0.3) is 0 Å². The molecule has 1 aromatic carbocycles. The van der Waals surface area contributed by atoms with Crippen LogP contribution >= 0.6 is 0 Å². The Balaban J connectivity index is 2.58. The van der Waals surface area contributed by atoms with Gasteiger partial charge in [0.05, 0.1) is 7.11 Å². The first kappa shape index (κ1) is 12.6. The molecule has 0 unspecified atom stereocenters. The topological polar surface area (TPSA) is 9.23 Å². The molecule has 0 spiro atoms. The SMILES string of the molecule is COc1ccc(C/C=C/C(C)=C(C)C)cc1. The fraction of sp³-hybridized carbons (Fsp3) is 0.333. The Bertz CT molecular complexity index is 378. The molecule has 0 aliphatic heterocycles. The zero-order valence-electron chi connectivity index (χ0n) is 10.6. The Labute approximate surface area is 98.5 Å². The molecule has 0 heterocycles. The Morgan fingerprint density at radius 1 is 1.12 bits per heavy atom. The van der Waals surface area contributed by atoms with Crippen molar-refractivity contribution in [1.82, 2.24) is 0 Å². The molecule has 0 fully saturated rings. The van der Waals surface area contributed by atoms with Crippen molar-refractivity contribution in [2.24, 2.45) is 0 Å². The Morgan fingerprint density at radius 3 is 2.25 bits per heavy atom. The number of hydrogen-bond acceptors (Lipinski definition) is 1. The molecule has 0 aromatic heterocycles. The highest BCUT2D eigenvalue weighted by molar-refractivity contribution is 5.29. The van der Waals surface area contributed by atoms with Gasteiger partial charge in [0.1, 0.15) is 5.75 Å². The maximum atomic E-state index is 5.12. The van der Waals surface area contributed by atoms with Crippen molar-refractivity contribution in [2.75, 3.05) is 7.11 Å². The molecular formula is C15H20O. The summed E-state index contributed by atoms with van der Waals surface area (Å²) in [6.07, 6.45) is 5.35. The van der Waals surface area contributed by atoms with Crippen molar-refractivity contribution in [2.45, 2.75) is 27.2 Å². The molecule has 0 saturated heterocycles. The zero-order chi connectivity index (χ0) is 12.0. The molecule has 0 radical (unpaired) electrons. The summed E-state index contributed by atoms with van der Waals surface area (Å²) in [6, 6.07) is 8.19. The first-order valence-electron chi connectivity index (χ1n) is 5.57. The molecule has 0 N–H and O–H groups in total. The van der Waals surface area contributed by atoms with E-state index in [1.807, 2.05) is 12.1 Å². The second kappa shape index (κ2) is 6.16. The highest BCUT2D eigenvalue weighted by Gasteiger charge is 1.92. The molecule has 1 rings (SSSR count). The third-order valence-electron chi connectivity index (χ3n) is 2.67. The fourth-order valence-corrected chi connectivity index (χ4v) is 1.30. The fourth-order valence-electron chi connectivity index (χ4n) is 1.30. The molecule has 1 aromatic rings. The lowest BCUT2D eigenvalue weighted by atomic mass is 10.1. The van der Waals surface area contributed by atoms with Crippen molar-refractivity contribution in [3.8, 4) is 5.75 Å². The highest BCUT2D eigenvalue weighted by atomic mass is 16.5. The van der Waals surface area contributed by atoms with Gasteiger partial charge in [-0.1, -0.05) is 35.4 Å². The largest absolute Gasteiger partial charge is 0.497 e. The van der Waals surface area contributed by atoms with Gasteiger partial charge in [-0.25, -0.2) is 0 Å². The third kappa shape index (κ3) is 3.93. The Hall–Kier alpha value is -1.50. The van der Waals surface area contributed by atoms with Crippen LogP contribution in [-0.4, -0.2) is 7.11 Å². The van der Waals surface area contributed by atoms with E-state index in [1.165, 1.54) is 16.7 Å². The number of hydrogen-bond donors (Lipinski definition) is 0. The first-order valence-corrected chi connectivity index (χ1v) is 5.57. The van der Waals surface area contributed by atoms with E-state index in [9.17, 15) is 0 Å². The van der Waals surface area contributed by atoms with Crippen LogP contribution in [0.1, 0.15) is 26.3 Å². The van der Waals surface area contributed by atoms with Crippen molar-refractivity contribution < 1.29 is 4.74 Å². The van der Waals surface area contributed by atoms with E-state index in [-0.39, 0.29) is 0 Å². The summed E-state index contributed by atoms with van der Waals surface area (Å²) < 4.78 is 5.12. The summed E-state index contributed by atoms with van der Waals surface area (Å²) in [7, 11) is 1.69. The summed E-state index contributed by atoms with van der Waals surface area (Å²) >= 11 is 0. The van der Waals surface area contributed by atoms with Gasteiger partial charge in [-0.3, -0.25) is 0 Å². The zero-order valence-corrected chi connectivity index (χ0v) is 10.6. The maximum absolute atomic E-state index is 5.12. The maximum Gasteiger partial charge on any atom is 0.118 e.